The molecule has 1 amide bonds. The van der Waals surface area contributed by atoms with E-state index in [2.05, 4.69) is 104 Å². The van der Waals surface area contributed by atoms with Crippen LogP contribution in [0.2, 0.25) is 0 Å². The molecule has 4 nitrogen and oxygen atoms in total. The Hall–Kier alpha value is -2.69. The molecule has 0 bridgehead atoms. The van der Waals surface area contributed by atoms with Crippen LogP contribution >= 0.6 is 0 Å². The first-order chi connectivity index (χ1) is 35.7. The first kappa shape index (κ1) is 69.3. The standard InChI is InChI=1S/C68H121NO3/c1-3-5-7-9-11-13-15-17-19-21-23-25-27-28-29-30-31-32-33-34-35-36-37-38-39-40-42-44-46-48-50-52-54-56-58-60-62-64-68(72)69-66(65-70)67(71)63-61-59-57-55-53-51-49-47-45-43-41-26-24-22-20-18-16-14-12-10-8-6-4-2/h5,7,11,13,17,19,23,25,28-29,45,47,53,55,61,63,66-67,70-71H,3-4,6,8-10,12,14-16,18,20-22,24,26-27,30-44,46,48-52,54,56-60,62,64-65H2,1-2H3,(H,69,72)/b7-5-,13-11-,19-17-,25-23-,29-28-,47-45+,55-53+,63-61+. The summed E-state index contributed by atoms with van der Waals surface area (Å²) in [6.45, 7) is 4.20. The molecular formula is C68H121NO3. The monoisotopic (exact) mass is 1000 g/mol. The molecular weight excluding hydrogens is 879 g/mol. The van der Waals surface area contributed by atoms with Crippen molar-refractivity contribution < 1.29 is 15.0 Å². The molecule has 0 radical (unpaired) electrons. The van der Waals surface area contributed by atoms with E-state index in [0.29, 0.717) is 6.42 Å². The van der Waals surface area contributed by atoms with Gasteiger partial charge in [0.25, 0.3) is 0 Å². The third kappa shape index (κ3) is 58.2. The van der Waals surface area contributed by atoms with Crippen molar-refractivity contribution in [3.63, 3.8) is 0 Å². The number of nitrogens with one attached hydrogen (secondary N) is 1. The van der Waals surface area contributed by atoms with Crippen LogP contribution in [0, 0.1) is 0 Å². The number of hydrogen-bond donors (Lipinski definition) is 3. The quantitative estimate of drug-likeness (QED) is 0.0420. The summed E-state index contributed by atoms with van der Waals surface area (Å²) in [5.74, 6) is -0.0756. The topological polar surface area (TPSA) is 69.6 Å². The van der Waals surface area contributed by atoms with Crippen molar-refractivity contribution in [3.8, 4) is 0 Å². The summed E-state index contributed by atoms with van der Waals surface area (Å²) in [5.41, 5.74) is 0. The predicted octanol–water partition coefficient (Wildman–Crippen LogP) is 21.3. The Kier molecular flexibility index (Phi) is 60.3. The van der Waals surface area contributed by atoms with E-state index in [-0.39, 0.29) is 12.5 Å². The molecule has 0 aliphatic carbocycles. The minimum Gasteiger partial charge on any atom is -0.394 e. The van der Waals surface area contributed by atoms with Crippen molar-refractivity contribution in [3.05, 3.63) is 97.2 Å². The highest BCUT2D eigenvalue weighted by atomic mass is 16.3. The van der Waals surface area contributed by atoms with Gasteiger partial charge in [0.05, 0.1) is 18.8 Å². The van der Waals surface area contributed by atoms with E-state index in [9.17, 15) is 15.0 Å². The van der Waals surface area contributed by atoms with Gasteiger partial charge in [0.2, 0.25) is 5.91 Å². The van der Waals surface area contributed by atoms with Gasteiger partial charge in [-0.1, -0.05) is 310 Å². The second-order valence-electron chi connectivity index (χ2n) is 21.1. The molecule has 0 aliphatic heterocycles. The number of unbranched alkanes of at least 4 members (excludes halogenated alkanes) is 36. The second kappa shape index (κ2) is 62.6. The number of aliphatic hydroxyl groups excluding tert-OH is 2. The van der Waals surface area contributed by atoms with Crippen LogP contribution in [-0.4, -0.2) is 34.9 Å². The minimum atomic E-state index is -0.874. The number of aliphatic hydroxyl groups is 2. The molecule has 0 aromatic heterocycles. The van der Waals surface area contributed by atoms with Gasteiger partial charge in [-0.2, -0.15) is 0 Å². The minimum absolute atomic E-state index is 0.0756. The molecule has 0 spiro atoms. The van der Waals surface area contributed by atoms with Crippen molar-refractivity contribution in [2.75, 3.05) is 6.61 Å². The molecule has 0 heterocycles. The van der Waals surface area contributed by atoms with Gasteiger partial charge in [-0.25, -0.2) is 0 Å². The molecule has 0 aromatic carbocycles. The molecule has 2 atom stereocenters. The van der Waals surface area contributed by atoms with Crippen LogP contribution in [0.4, 0.5) is 0 Å². The summed E-state index contributed by atoms with van der Waals surface area (Å²) >= 11 is 0. The molecule has 0 aromatic rings. The van der Waals surface area contributed by atoms with E-state index in [1.807, 2.05) is 6.08 Å². The van der Waals surface area contributed by atoms with Gasteiger partial charge in [0, 0.05) is 6.42 Å². The van der Waals surface area contributed by atoms with Crippen LogP contribution in [0.1, 0.15) is 309 Å². The second-order valence-corrected chi connectivity index (χ2v) is 21.1. The molecule has 2 unspecified atom stereocenters. The Morgan fingerprint density at radius 3 is 0.972 bits per heavy atom. The number of amides is 1. The highest BCUT2D eigenvalue weighted by molar-refractivity contribution is 5.76. The van der Waals surface area contributed by atoms with Crippen LogP contribution < -0.4 is 5.32 Å². The van der Waals surface area contributed by atoms with Gasteiger partial charge < -0.3 is 15.5 Å². The van der Waals surface area contributed by atoms with Crippen LogP contribution in [0.15, 0.2) is 97.2 Å². The van der Waals surface area contributed by atoms with Crippen molar-refractivity contribution in [1.82, 2.24) is 5.32 Å². The molecule has 416 valence electrons. The number of carbonyl (C=O) groups is 1. The number of allylic oxidation sites excluding steroid dienone is 15. The molecule has 0 aliphatic rings. The smallest absolute Gasteiger partial charge is 0.220 e. The lowest BCUT2D eigenvalue weighted by Gasteiger charge is -2.19. The first-order valence-electron chi connectivity index (χ1n) is 31.5. The molecule has 0 saturated carbocycles. The fraction of sp³-hybridized carbons (Fsp3) is 0.750. The number of hydrogen-bond acceptors (Lipinski definition) is 3. The zero-order valence-electron chi connectivity index (χ0n) is 47.9. The van der Waals surface area contributed by atoms with Crippen molar-refractivity contribution in [2.45, 2.75) is 321 Å². The Morgan fingerprint density at radius 1 is 0.347 bits per heavy atom. The SMILES string of the molecule is CC/C=C\C/C=C\C/C=C\C/C=C\C/C=C\CCCCCCCCCCCCCCCCCCCCCCCC(=O)NC(CO)C(O)/C=C/CC/C=C/CC/C=C/CCCCCCCCCCCCCCC. The number of rotatable bonds is 57. The van der Waals surface area contributed by atoms with E-state index in [1.165, 1.54) is 218 Å². The Morgan fingerprint density at radius 2 is 0.625 bits per heavy atom. The van der Waals surface area contributed by atoms with Gasteiger partial charge in [-0.05, 0) is 89.9 Å². The molecule has 72 heavy (non-hydrogen) atoms. The van der Waals surface area contributed by atoms with E-state index < -0.39 is 12.1 Å². The fourth-order valence-corrected chi connectivity index (χ4v) is 9.30. The summed E-state index contributed by atoms with van der Waals surface area (Å²) in [7, 11) is 0. The van der Waals surface area contributed by atoms with Crippen LogP contribution in [0.5, 0.6) is 0 Å². The normalized spacial score (nSPS) is 13.4. The van der Waals surface area contributed by atoms with Gasteiger partial charge in [0.15, 0.2) is 0 Å². The lowest BCUT2D eigenvalue weighted by molar-refractivity contribution is -0.123. The summed E-state index contributed by atoms with van der Waals surface area (Å²) in [5, 5.41) is 23.2. The van der Waals surface area contributed by atoms with Crippen LogP contribution in [0.3, 0.4) is 0 Å². The highest BCUT2D eigenvalue weighted by Crippen LogP contribution is 2.17. The Labute approximate surface area is 449 Å². The van der Waals surface area contributed by atoms with Crippen LogP contribution in [-0.2, 0) is 4.79 Å². The average molecular weight is 1000 g/mol. The molecule has 0 saturated heterocycles. The predicted molar refractivity (Wildman–Crippen MR) is 322 cm³/mol. The van der Waals surface area contributed by atoms with E-state index in [1.54, 1.807) is 6.08 Å². The lowest BCUT2D eigenvalue weighted by atomic mass is 10.0. The maximum absolute atomic E-state index is 12.5. The number of carbonyl (C=O) groups excluding carboxylic acids is 1. The average Bonchev–Trinajstić information content (AvgIpc) is 3.39. The van der Waals surface area contributed by atoms with Crippen molar-refractivity contribution >= 4 is 5.91 Å². The van der Waals surface area contributed by atoms with Gasteiger partial charge in [0.1, 0.15) is 0 Å². The van der Waals surface area contributed by atoms with Crippen LogP contribution in [0.25, 0.3) is 0 Å². The Balaban J connectivity index is 3.51. The van der Waals surface area contributed by atoms with Crippen molar-refractivity contribution in [1.29, 1.82) is 0 Å². The Bertz CT molecular complexity index is 1320. The van der Waals surface area contributed by atoms with Gasteiger partial charge >= 0.3 is 0 Å². The molecule has 4 heteroatoms. The summed E-state index contributed by atoms with van der Waals surface area (Å²) in [6, 6.07) is -0.649. The first-order valence-corrected chi connectivity index (χ1v) is 31.5. The summed E-state index contributed by atoms with van der Waals surface area (Å²) < 4.78 is 0. The third-order valence-corrected chi connectivity index (χ3v) is 14.0. The largest absolute Gasteiger partial charge is 0.394 e. The zero-order valence-corrected chi connectivity index (χ0v) is 47.9. The summed E-state index contributed by atoms with van der Waals surface area (Å²) in [6.07, 6.45) is 93.2. The van der Waals surface area contributed by atoms with E-state index in [0.717, 1.165) is 70.6 Å². The van der Waals surface area contributed by atoms with Gasteiger partial charge in [-0.15, -0.1) is 0 Å². The molecule has 0 rings (SSSR count). The van der Waals surface area contributed by atoms with Gasteiger partial charge in [-0.3, -0.25) is 4.79 Å². The highest BCUT2D eigenvalue weighted by Gasteiger charge is 2.18. The fourth-order valence-electron chi connectivity index (χ4n) is 9.30. The summed E-state index contributed by atoms with van der Waals surface area (Å²) in [4.78, 5) is 12.5. The molecule has 3 N–H and O–H groups in total. The van der Waals surface area contributed by atoms with Crippen molar-refractivity contribution in [2.24, 2.45) is 0 Å². The lowest BCUT2D eigenvalue weighted by Crippen LogP contribution is -2.45. The zero-order chi connectivity index (χ0) is 52.0. The maximum Gasteiger partial charge on any atom is 0.220 e. The van der Waals surface area contributed by atoms with E-state index >= 15 is 0 Å². The molecule has 0 fully saturated rings. The van der Waals surface area contributed by atoms with E-state index in [4.69, 9.17) is 0 Å². The third-order valence-electron chi connectivity index (χ3n) is 14.0. The maximum atomic E-state index is 12.5.